The number of hydrogen-bond donors (Lipinski definition) is 1. The van der Waals surface area contributed by atoms with E-state index >= 15 is 0 Å². The Hall–Kier alpha value is -1.56. The average molecular weight is 354 g/mol. The second-order valence-corrected chi connectivity index (χ2v) is 7.70. The summed E-state index contributed by atoms with van der Waals surface area (Å²) in [5.74, 6) is 0.629. The van der Waals surface area contributed by atoms with Gasteiger partial charge in [-0.3, -0.25) is 0 Å². The molecule has 2 aromatic carbocycles. The van der Waals surface area contributed by atoms with Crippen LogP contribution in [-0.2, 0) is 22.3 Å². The predicted octanol–water partition coefficient (Wildman–Crippen LogP) is 3.75. The third kappa shape index (κ3) is 5.86. The molecular weight excluding hydrogens is 334 g/mol. The maximum Gasteiger partial charge on any atom is 0.216 e. The number of sulfonamides is 1. The molecule has 0 radical (unpaired) electrons. The Labute approximate surface area is 142 Å². The van der Waals surface area contributed by atoms with Gasteiger partial charge in [-0.05, 0) is 43.2 Å². The Kier molecular flexibility index (Phi) is 6.04. The van der Waals surface area contributed by atoms with Crippen LogP contribution in [0.5, 0.6) is 5.75 Å². The van der Waals surface area contributed by atoms with Crippen LogP contribution >= 0.6 is 11.6 Å². The lowest BCUT2D eigenvalue weighted by Crippen LogP contribution is -2.24. The van der Waals surface area contributed by atoms with Crippen molar-refractivity contribution in [3.63, 3.8) is 0 Å². The van der Waals surface area contributed by atoms with Crippen molar-refractivity contribution in [3.05, 3.63) is 64.7 Å². The van der Waals surface area contributed by atoms with Gasteiger partial charge in [0.2, 0.25) is 10.0 Å². The minimum atomic E-state index is -3.45. The summed E-state index contributed by atoms with van der Waals surface area (Å²) in [5, 5.41) is 0.452. The fraction of sp³-hybridized carbons (Fsp3) is 0.294. The van der Waals surface area contributed by atoms with E-state index in [0.717, 1.165) is 11.3 Å². The highest BCUT2D eigenvalue weighted by Crippen LogP contribution is 2.18. The largest absolute Gasteiger partial charge is 0.491 e. The molecule has 4 nitrogen and oxygen atoms in total. The molecule has 0 saturated heterocycles. The SMILES string of the molecule is CC(C)Oc1ccc(CNS(=O)(=O)Cc2ccccc2Cl)cc1. The molecular formula is C17H20ClNO3S. The lowest BCUT2D eigenvalue weighted by molar-refractivity contribution is 0.242. The van der Waals surface area contributed by atoms with Gasteiger partial charge in [0, 0.05) is 11.6 Å². The van der Waals surface area contributed by atoms with E-state index in [9.17, 15) is 8.42 Å². The molecule has 0 fully saturated rings. The summed E-state index contributed by atoms with van der Waals surface area (Å²) in [6, 6.07) is 14.3. The van der Waals surface area contributed by atoms with Crippen LogP contribution in [0.1, 0.15) is 25.0 Å². The van der Waals surface area contributed by atoms with Gasteiger partial charge >= 0.3 is 0 Å². The van der Waals surface area contributed by atoms with Gasteiger partial charge in [-0.2, -0.15) is 0 Å². The number of hydrogen-bond acceptors (Lipinski definition) is 3. The maximum absolute atomic E-state index is 12.1. The quantitative estimate of drug-likeness (QED) is 0.824. The first-order chi connectivity index (χ1) is 10.9. The van der Waals surface area contributed by atoms with Crippen LogP contribution in [0.4, 0.5) is 0 Å². The van der Waals surface area contributed by atoms with Crippen molar-refractivity contribution >= 4 is 21.6 Å². The Balaban J connectivity index is 1.95. The molecule has 0 aromatic heterocycles. The molecule has 0 heterocycles. The topological polar surface area (TPSA) is 55.4 Å². The molecule has 0 unspecified atom stereocenters. The predicted molar refractivity (Wildman–Crippen MR) is 93.1 cm³/mol. The van der Waals surface area contributed by atoms with Crippen molar-refractivity contribution in [2.24, 2.45) is 0 Å². The molecule has 124 valence electrons. The molecule has 6 heteroatoms. The van der Waals surface area contributed by atoms with Crippen LogP contribution in [0.25, 0.3) is 0 Å². The van der Waals surface area contributed by atoms with Gasteiger partial charge in [0.15, 0.2) is 0 Å². The second kappa shape index (κ2) is 7.81. The van der Waals surface area contributed by atoms with Gasteiger partial charge in [0.1, 0.15) is 5.75 Å². The second-order valence-electron chi connectivity index (χ2n) is 5.48. The van der Waals surface area contributed by atoms with Gasteiger partial charge in [-0.1, -0.05) is 41.9 Å². The molecule has 0 atom stereocenters. The van der Waals surface area contributed by atoms with Crippen molar-refractivity contribution in [1.29, 1.82) is 0 Å². The normalized spacial score (nSPS) is 11.7. The summed E-state index contributed by atoms with van der Waals surface area (Å²) in [6.07, 6.45) is 0.106. The lowest BCUT2D eigenvalue weighted by atomic mass is 10.2. The summed E-state index contributed by atoms with van der Waals surface area (Å²) >= 11 is 6.00. The minimum Gasteiger partial charge on any atom is -0.491 e. The van der Waals surface area contributed by atoms with Crippen LogP contribution in [0.2, 0.25) is 5.02 Å². The molecule has 0 aliphatic carbocycles. The summed E-state index contributed by atoms with van der Waals surface area (Å²) < 4.78 is 32.4. The van der Waals surface area contributed by atoms with E-state index in [4.69, 9.17) is 16.3 Å². The molecule has 0 spiro atoms. The Morgan fingerprint density at radius 1 is 1.09 bits per heavy atom. The summed E-state index contributed by atoms with van der Waals surface area (Å²) in [5.41, 5.74) is 1.45. The fourth-order valence-corrected chi connectivity index (χ4v) is 3.45. The van der Waals surface area contributed by atoms with Crippen molar-refractivity contribution in [1.82, 2.24) is 4.72 Å². The van der Waals surface area contributed by atoms with Crippen LogP contribution in [-0.4, -0.2) is 14.5 Å². The molecule has 2 rings (SSSR count). The number of halogens is 1. The molecule has 2 aromatic rings. The first-order valence-corrected chi connectivity index (χ1v) is 9.35. The van der Waals surface area contributed by atoms with Gasteiger partial charge in [0.05, 0.1) is 11.9 Å². The van der Waals surface area contributed by atoms with Crippen LogP contribution in [0.3, 0.4) is 0 Å². The molecule has 23 heavy (non-hydrogen) atoms. The zero-order chi connectivity index (χ0) is 16.9. The number of nitrogens with one attached hydrogen (secondary N) is 1. The monoisotopic (exact) mass is 353 g/mol. The lowest BCUT2D eigenvalue weighted by Gasteiger charge is -2.11. The van der Waals surface area contributed by atoms with E-state index in [1.807, 2.05) is 38.1 Å². The Morgan fingerprint density at radius 2 is 1.74 bits per heavy atom. The zero-order valence-electron chi connectivity index (χ0n) is 13.1. The summed E-state index contributed by atoms with van der Waals surface area (Å²) in [6.45, 7) is 4.14. The van der Waals surface area contributed by atoms with Crippen molar-refractivity contribution in [2.45, 2.75) is 32.2 Å². The van der Waals surface area contributed by atoms with Crippen LogP contribution in [0.15, 0.2) is 48.5 Å². The van der Waals surface area contributed by atoms with E-state index in [1.54, 1.807) is 24.3 Å². The Bertz CT molecular complexity index is 743. The molecule has 1 N–H and O–H groups in total. The number of rotatable bonds is 7. The van der Waals surface area contributed by atoms with Crippen LogP contribution in [0, 0.1) is 0 Å². The minimum absolute atomic E-state index is 0.106. The molecule has 0 aliphatic rings. The van der Waals surface area contributed by atoms with Gasteiger partial charge in [0.25, 0.3) is 0 Å². The first kappa shape index (κ1) is 17.8. The highest BCUT2D eigenvalue weighted by molar-refractivity contribution is 7.88. The zero-order valence-corrected chi connectivity index (χ0v) is 14.7. The molecule has 0 bridgehead atoms. The van der Waals surface area contributed by atoms with Crippen LogP contribution < -0.4 is 9.46 Å². The van der Waals surface area contributed by atoms with Gasteiger partial charge in [-0.15, -0.1) is 0 Å². The Morgan fingerprint density at radius 3 is 2.35 bits per heavy atom. The third-order valence-corrected chi connectivity index (χ3v) is 4.74. The smallest absolute Gasteiger partial charge is 0.216 e. The highest BCUT2D eigenvalue weighted by Gasteiger charge is 2.13. The van der Waals surface area contributed by atoms with Crippen molar-refractivity contribution in [2.75, 3.05) is 0 Å². The number of ether oxygens (including phenoxy) is 1. The molecule has 0 saturated carbocycles. The van der Waals surface area contributed by atoms with Crippen molar-refractivity contribution < 1.29 is 13.2 Å². The molecule has 0 aliphatic heterocycles. The van der Waals surface area contributed by atoms with E-state index in [-0.39, 0.29) is 18.4 Å². The van der Waals surface area contributed by atoms with E-state index in [1.165, 1.54) is 0 Å². The standard InChI is InChI=1S/C17H20ClNO3S/c1-13(2)22-16-9-7-14(8-10-16)11-19-23(20,21)12-15-5-3-4-6-17(15)18/h3-10,13,19H,11-12H2,1-2H3. The molecule has 0 amide bonds. The van der Waals surface area contributed by atoms with Gasteiger partial charge < -0.3 is 4.74 Å². The average Bonchev–Trinajstić information content (AvgIpc) is 2.48. The van der Waals surface area contributed by atoms with E-state index in [2.05, 4.69) is 4.72 Å². The van der Waals surface area contributed by atoms with Gasteiger partial charge in [-0.25, -0.2) is 13.1 Å². The van der Waals surface area contributed by atoms with E-state index < -0.39 is 10.0 Å². The summed E-state index contributed by atoms with van der Waals surface area (Å²) in [7, 11) is -3.45. The van der Waals surface area contributed by atoms with E-state index in [0.29, 0.717) is 10.6 Å². The third-order valence-electron chi connectivity index (χ3n) is 3.09. The fourth-order valence-electron chi connectivity index (χ4n) is 2.02. The number of benzene rings is 2. The maximum atomic E-state index is 12.1. The summed E-state index contributed by atoms with van der Waals surface area (Å²) in [4.78, 5) is 0. The highest BCUT2D eigenvalue weighted by atomic mass is 35.5. The first-order valence-electron chi connectivity index (χ1n) is 7.32. The van der Waals surface area contributed by atoms with Crippen molar-refractivity contribution in [3.8, 4) is 5.75 Å².